The van der Waals surface area contributed by atoms with Crippen molar-refractivity contribution >= 4 is 17.3 Å². The summed E-state index contributed by atoms with van der Waals surface area (Å²) in [5.74, 6) is 1.31. The highest BCUT2D eigenvalue weighted by Gasteiger charge is 2.26. The van der Waals surface area contributed by atoms with Gasteiger partial charge in [0.1, 0.15) is 11.5 Å². The van der Waals surface area contributed by atoms with Gasteiger partial charge in [0.15, 0.2) is 0 Å². The monoisotopic (exact) mass is 394 g/mol. The van der Waals surface area contributed by atoms with Gasteiger partial charge in [0.2, 0.25) is 0 Å². The third-order valence-electron chi connectivity index (χ3n) is 5.05. The number of nitrogens with zero attached hydrogens (tertiary/aromatic N) is 2. The maximum absolute atomic E-state index is 10.8. The van der Waals surface area contributed by atoms with Crippen LogP contribution in [0.1, 0.15) is 22.7 Å². The molecule has 0 saturated carbocycles. The largest absolute Gasteiger partial charge is 0.457 e. The van der Waals surface area contributed by atoms with Crippen LogP contribution in [0.5, 0.6) is 11.5 Å². The number of non-ortho nitro benzene ring substituents is 1. The molecule has 1 aliphatic rings. The molecule has 1 atom stereocenters. The molecule has 28 heavy (non-hydrogen) atoms. The third kappa shape index (κ3) is 3.72. The summed E-state index contributed by atoms with van der Waals surface area (Å²) in [4.78, 5) is 12.7. The SMILES string of the molecule is CN1CCc2cc(Oc3ccc([N+](=O)[O-])cc3)ccc2C1c1ccc(Cl)cc1. The van der Waals surface area contributed by atoms with E-state index in [2.05, 4.69) is 36.2 Å². The fourth-order valence-corrected chi connectivity index (χ4v) is 3.77. The van der Waals surface area contributed by atoms with E-state index in [4.69, 9.17) is 16.3 Å². The summed E-state index contributed by atoms with van der Waals surface area (Å²) in [7, 11) is 2.13. The minimum Gasteiger partial charge on any atom is -0.457 e. The van der Waals surface area contributed by atoms with Gasteiger partial charge in [0, 0.05) is 23.7 Å². The zero-order valence-electron chi connectivity index (χ0n) is 15.3. The molecule has 0 spiro atoms. The predicted octanol–water partition coefficient (Wildman–Crippen LogP) is 5.62. The molecule has 5 nitrogen and oxygen atoms in total. The Morgan fingerprint density at radius 1 is 1.04 bits per heavy atom. The van der Waals surface area contributed by atoms with E-state index in [0.717, 1.165) is 23.7 Å². The summed E-state index contributed by atoms with van der Waals surface area (Å²) in [6, 6.07) is 20.4. The van der Waals surface area contributed by atoms with Gasteiger partial charge in [-0.3, -0.25) is 15.0 Å². The molecule has 0 bridgehead atoms. The average Bonchev–Trinajstić information content (AvgIpc) is 2.69. The molecule has 0 aromatic heterocycles. The number of ether oxygens (including phenoxy) is 1. The Labute approximate surface area is 168 Å². The number of hydrogen-bond acceptors (Lipinski definition) is 4. The van der Waals surface area contributed by atoms with Gasteiger partial charge < -0.3 is 4.74 Å². The topological polar surface area (TPSA) is 55.6 Å². The van der Waals surface area contributed by atoms with Crippen molar-refractivity contribution in [1.82, 2.24) is 4.90 Å². The first-order valence-corrected chi connectivity index (χ1v) is 9.40. The summed E-state index contributed by atoms with van der Waals surface area (Å²) < 4.78 is 5.91. The molecule has 3 aromatic carbocycles. The van der Waals surface area contributed by atoms with Crippen LogP contribution in [0.2, 0.25) is 5.02 Å². The smallest absolute Gasteiger partial charge is 0.269 e. The summed E-state index contributed by atoms with van der Waals surface area (Å²) in [5.41, 5.74) is 3.76. The molecular formula is C22H19ClN2O3. The molecule has 1 unspecified atom stereocenters. The first-order chi connectivity index (χ1) is 13.5. The van der Waals surface area contributed by atoms with Crippen molar-refractivity contribution in [3.8, 4) is 11.5 Å². The number of fused-ring (bicyclic) bond motifs is 1. The fraction of sp³-hybridized carbons (Fsp3) is 0.182. The normalized spacial score (nSPS) is 16.4. The van der Waals surface area contributed by atoms with Crippen molar-refractivity contribution in [2.75, 3.05) is 13.6 Å². The van der Waals surface area contributed by atoms with Gasteiger partial charge in [-0.25, -0.2) is 0 Å². The Balaban J connectivity index is 1.61. The first kappa shape index (κ1) is 18.5. The lowest BCUT2D eigenvalue weighted by atomic mass is 9.88. The van der Waals surface area contributed by atoms with Crippen LogP contribution in [0.4, 0.5) is 5.69 Å². The molecule has 0 saturated heterocycles. The molecule has 0 fully saturated rings. The van der Waals surface area contributed by atoms with Gasteiger partial charge in [-0.1, -0.05) is 29.8 Å². The second-order valence-corrected chi connectivity index (χ2v) is 7.33. The summed E-state index contributed by atoms with van der Waals surface area (Å²) in [5, 5.41) is 11.5. The van der Waals surface area contributed by atoms with E-state index in [-0.39, 0.29) is 11.7 Å². The van der Waals surface area contributed by atoms with Gasteiger partial charge >= 0.3 is 0 Å². The van der Waals surface area contributed by atoms with E-state index in [9.17, 15) is 10.1 Å². The van der Waals surface area contributed by atoms with E-state index in [0.29, 0.717) is 5.75 Å². The van der Waals surface area contributed by atoms with Crippen molar-refractivity contribution in [3.05, 3.63) is 98.6 Å². The van der Waals surface area contributed by atoms with Crippen molar-refractivity contribution in [3.63, 3.8) is 0 Å². The molecule has 4 rings (SSSR count). The molecule has 142 valence electrons. The number of rotatable bonds is 4. The van der Waals surface area contributed by atoms with E-state index >= 15 is 0 Å². The maximum atomic E-state index is 10.8. The predicted molar refractivity (Wildman–Crippen MR) is 109 cm³/mol. The summed E-state index contributed by atoms with van der Waals surface area (Å²) >= 11 is 6.04. The van der Waals surface area contributed by atoms with Crippen LogP contribution in [-0.2, 0) is 6.42 Å². The number of halogens is 1. The third-order valence-corrected chi connectivity index (χ3v) is 5.30. The second-order valence-electron chi connectivity index (χ2n) is 6.90. The van der Waals surface area contributed by atoms with Crippen LogP contribution in [-0.4, -0.2) is 23.4 Å². The molecule has 1 aliphatic heterocycles. The van der Waals surface area contributed by atoms with Crippen LogP contribution in [0.25, 0.3) is 0 Å². The Bertz CT molecular complexity index is 1000. The van der Waals surface area contributed by atoms with Gasteiger partial charge in [-0.2, -0.15) is 0 Å². The molecule has 0 radical (unpaired) electrons. The lowest BCUT2D eigenvalue weighted by Gasteiger charge is -2.35. The van der Waals surface area contributed by atoms with Crippen molar-refractivity contribution < 1.29 is 9.66 Å². The number of benzene rings is 3. The Kier molecular flexibility index (Phi) is 5.03. The van der Waals surface area contributed by atoms with Gasteiger partial charge in [-0.15, -0.1) is 0 Å². The summed E-state index contributed by atoms with van der Waals surface area (Å²) in [6.07, 6.45) is 0.938. The van der Waals surface area contributed by atoms with Gasteiger partial charge in [0.25, 0.3) is 5.69 Å². The van der Waals surface area contributed by atoms with Crippen molar-refractivity contribution in [2.45, 2.75) is 12.5 Å². The number of likely N-dealkylation sites (N-methyl/N-ethyl adjacent to an activating group) is 1. The van der Waals surface area contributed by atoms with Crippen LogP contribution < -0.4 is 4.74 Å². The van der Waals surface area contributed by atoms with E-state index in [1.165, 1.54) is 28.8 Å². The maximum Gasteiger partial charge on any atom is 0.269 e. The fourth-order valence-electron chi connectivity index (χ4n) is 3.64. The van der Waals surface area contributed by atoms with Gasteiger partial charge in [0.05, 0.1) is 11.0 Å². The summed E-state index contributed by atoms with van der Waals surface area (Å²) in [6.45, 7) is 0.946. The highest BCUT2D eigenvalue weighted by atomic mass is 35.5. The lowest BCUT2D eigenvalue weighted by molar-refractivity contribution is -0.384. The zero-order valence-corrected chi connectivity index (χ0v) is 16.1. The molecule has 0 aliphatic carbocycles. The minimum absolute atomic E-state index is 0.0478. The van der Waals surface area contributed by atoms with E-state index < -0.39 is 4.92 Å². The lowest BCUT2D eigenvalue weighted by Crippen LogP contribution is -2.32. The second kappa shape index (κ2) is 7.62. The molecule has 3 aromatic rings. The van der Waals surface area contributed by atoms with Crippen LogP contribution in [0, 0.1) is 10.1 Å². The van der Waals surface area contributed by atoms with Gasteiger partial charge in [-0.05, 0) is 66.6 Å². The molecule has 0 N–H and O–H groups in total. The van der Waals surface area contributed by atoms with Crippen LogP contribution >= 0.6 is 11.6 Å². The van der Waals surface area contributed by atoms with Crippen molar-refractivity contribution in [1.29, 1.82) is 0 Å². The van der Waals surface area contributed by atoms with E-state index in [1.54, 1.807) is 12.1 Å². The minimum atomic E-state index is -0.421. The molecule has 1 heterocycles. The van der Waals surface area contributed by atoms with E-state index in [1.807, 2.05) is 18.2 Å². The Hall–Kier alpha value is -2.89. The van der Waals surface area contributed by atoms with Crippen molar-refractivity contribution in [2.24, 2.45) is 0 Å². The molecule has 6 heteroatoms. The highest BCUT2D eigenvalue weighted by Crippen LogP contribution is 2.37. The zero-order chi connectivity index (χ0) is 19.7. The quantitative estimate of drug-likeness (QED) is 0.425. The first-order valence-electron chi connectivity index (χ1n) is 9.02. The Morgan fingerprint density at radius 3 is 2.39 bits per heavy atom. The number of hydrogen-bond donors (Lipinski definition) is 0. The Morgan fingerprint density at radius 2 is 1.71 bits per heavy atom. The standard InChI is InChI=1S/C22H19ClN2O3/c1-24-13-12-16-14-20(28-19-8-6-18(7-9-19)25(26)27)10-11-21(16)22(24)15-2-4-17(23)5-3-15/h2-11,14,22H,12-13H2,1H3. The average molecular weight is 395 g/mol. The number of nitro groups is 1. The van der Waals surface area contributed by atoms with Crippen LogP contribution in [0.15, 0.2) is 66.7 Å². The molecule has 0 amide bonds. The number of nitro benzene ring substituents is 1. The van der Waals surface area contributed by atoms with Crippen LogP contribution in [0.3, 0.4) is 0 Å². The highest BCUT2D eigenvalue weighted by molar-refractivity contribution is 6.30. The molecular weight excluding hydrogens is 376 g/mol.